The van der Waals surface area contributed by atoms with Crippen LogP contribution in [0.2, 0.25) is 0 Å². The molecule has 0 radical (unpaired) electrons. The fourth-order valence-corrected chi connectivity index (χ4v) is 3.35. The van der Waals surface area contributed by atoms with Crippen LogP contribution in [-0.2, 0) is 9.47 Å². The van der Waals surface area contributed by atoms with Crippen LogP contribution in [0.4, 0.5) is 0 Å². The van der Waals surface area contributed by atoms with Crippen molar-refractivity contribution in [1.29, 1.82) is 0 Å². The fourth-order valence-electron chi connectivity index (χ4n) is 3.35. The summed E-state index contributed by atoms with van der Waals surface area (Å²) in [4.78, 5) is 0. The first-order valence-corrected chi connectivity index (χ1v) is 8.31. The van der Waals surface area contributed by atoms with Gasteiger partial charge in [0.1, 0.15) is 5.75 Å². The molecule has 0 amide bonds. The predicted octanol–water partition coefficient (Wildman–Crippen LogP) is 3.67. The second-order valence-corrected chi connectivity index (χ2v) is 6.14. The molecule has 1 aliphatic rings. The number of ether oxygens (including phenoxy) is 4. The second kappa shape index (κ2) is 7.76. The van der Waals surface area contributed by atoms with Gasteiger partial charge in [0.25, 0.3) is 0 Å². The molecule has 0 aromatic heterocycles. The number of methoxy groups -OCH3 is 3. The SMILES string of the molecule is COc1ccc([C@@H]2C[C@H](c3ccc(OC)c(O)c3)OC[C@@H]2OC)cc1. The Morgan fingerprint density at radius 3 is 2.28 bits per heavy atom. The summed E-state index contributed by atoms with van der Waals surface area (Å²) in [6, 6.07) is 13.5. The maximum absolute atomic E-state index is 10.0. The summed E-state index contributed by atoms with van der Waals surface area (Å²) in [5, 5.41) is 10.0. The highest BCUT2D eigenvalue weighted by Crippen LogP contribution is 2.41. The average Bonchev–Trinajstić information content (AvgIpc) is 2.67. The van der Waals surface area contributed by atoms with Crippen LogP contribution in [0.1, 0.15) is 29.6 Å². The van der Waals surface area contributed by atoms with Crippen molar-refractivity contribution in [3.8, 4) is 17.2 Å². The smallest absolute Gasteiger partial charge is 0.160 e. The van der Waals surface area contributed by atoms with Crippen molar-refractivity contribution in [2.45, 2.75) is 24.5 Å². The van der Waals surface area contributed by atoms with Crippen LogP contribution >= 0.6 is 0 Å². The first-order chi connectivity index (χ1) is 12.2. The zero-order valence-electron chi connectivity index (χ0n) is 14.8. The molecule has 5 nitrogen and oxygen atoms in total. The molecule has 2 aromatic carbocycles. The average molecular weight is 344 g/mol. The monoisotopic (exact) mass is 344 g/mol. The van der Waals surface area contributed by atoms with E-state index in [0.29, 0.717) is 12.4 Å². The highest BCUT2D eigenvalue weighted by atomic mass is 16.5. The van der Waals surface area contributed by atoms with E-state index in [9.17, 15) is 5.11 Å². The van der Waals surface area contributed by atoms with Crippen molar-refractivity contribution in [3.63, 3.8) is 0 Å². The van der Waals surface area contributed by atoms with Crippen molar-refractivity contribution in [2.24, 2.45) is 0 Å². The Bertz CT molecular complexity index is 698. The molecular weight excluding hydrogens is 320 g/mol. The van der Waals surface area contributed by atoms with Gasteiger partial charge in [-0.05, 0) is 41.8 Å². The van der Waals surface area contributed by atoms with Crippen molar-refractivity contribution < 1.29 is 24.1 Å². The highest BCUT2D eigenvalue weighted by Gasteiger charge is 2.33. The Labute approximate surface area is 148 Å². The lowest BCUT2D eigenvalue weighted by molar-refractivity contribution is -0.0854. The topological polar surface area (TPSA) is 57.2 Å². The first kappa shape index (κ1) is 17.6. The zero-order chi connectivity index (χ0) is 17.8. The zero-order valence-corrected chi connectivity index (χ0v) is 14.8. The maximum Gasteiger partial charge on any atom is 0.160 e. The van der Waals surface area contributed by atoms with Crippen LogP contribution in [0.15, 0.2) is 42.5 Å². The molecule has 0 bridgehead atoms. The van der Waals surface area contributed by atoms with E-state index < -0.39 is 0 Å². The number of phenolic OH excluding ortho intramolecular Hbond substituents is 1. The number of hydrogen-bond acceptors (Lipinski definition) is 5. The van der Waals surface area contributed by atoms with E-state index in [4.69, 9.17) is 18.9 Å². The largest absolute Gasteiger partial charge is 0.504 e. The molecule has 0 aliphatic carbocycles. The quantitative estimate of drug-likeness (QED) is 0.897. The van der Waals surface area contributed by atoms with Gasteiger partial charge in [0.15, 0.2) is 11.5 Å². The number of benzene rings is 2. The minimum Gasteiger partial charge on any atom is -0.504 e. The van der Waals surface area contributed by atoms with E-state index in [0.717, 1.165) is 17.7 Å². The third kappa shape index (κ3) is 3.72. The normalized spacial score (nSPS) is 23.2. The molecule has 0 saturated carbocycles. The van der Waals surface area contributed by atoms with Gasteiger partial charge in [-0.25, -0.2) is 0 Å². The van der Waals surface area contributed by atoms with E-state index in [1.807, 2.05) is 18.2 Å². The lowest BCUT2D eigenvalue weighted by Gasteiger charge is -2.36. The summed E-state index contributed by atoms with van der Waals surface area (Å²) in [6.07, 6.45) is 0.670. The number of rotatable bonds is 5. The Kier molecular flexibility index (Phi) is 5.46. The molecule has 5 heteroatoms. The standard InChI is InChI=1S/C20H24O5/c1-22-15-7-4-13(5-8-15)16-11-19(25-12-20(16)24-3)14-6-9-18(23-2)17(21)10-14/h4-10,16,19-21H,11-12H2,1-3H3/t16-,19+,20-/m0/s1. The van der Waals surface area contributed by atoms with Gasteiger partial charge < -0.3 is 24.1 Å². The summed E-state index contributed by atoms with van der Waals surface area (Å²) in [5.41, 5.74) is 2.13. The van der Waals surface area contributed by atoms with Gasteiger partial charge in [0, 0.05) is 13.0 Å². The third-order valence-corrected chi connectivity index (χ3v) is 4.80. The molecule has 1 fully saturated rings. The molecule has 134 valence electrons. The van der Waals surface area contributed by atoms with Crippen molar-refractivity contribution >= 4 is 0 Å². The van der Waals surface area contributed by atoms with Gasteiger partial charge in [-0.1, -0.05) is 18.2 Å². The second-order valence-electron chi connectivity index (χ2n) is 6.14. The molecule has 1 N–H and O–H groups in total. The number of phenols is 1. The van der Waals surface area contributed by atoms with Crippen molar-refractivity contribution in [1.82, 2.24) is 0 Å². The number of aromatic hydroxyl groups is 1. The van der Waals surface area contributed by atoms with Gasteiger partial charge in [-0.3, -0.25) is 0 Å². The maximum atomic E-state index is 10.0. The Morgan fingerprint density at radius 2 is 1.68 bits per heavy atom. The molecule has 3 rings (SSSR count). The van der Waals surface area contributed by atoms with Gasteiger partial charge in [-0.15, -0.1) is 0 Å². The molecule has 0 unspecified atom stereocenters. The van der Waals surface area contributed by atoms with Crippen molar-refractivity contribution in [3.05, 3.63) is 53.6 Å². The van der Waals surface area contributed by atoms with Gasteiger partial charge in [-0.2, -0.15) is 0 Å². The van der Waals surface area contributed by atoms with E-state index in [1.165, 1.54) is 12.7 Å². The van der Waals surface area contributed by atoms with Gasteiger partial charge in [0.05, 0.1) is 33.0 Å². The fraction of sp³-hybridized carbons (Fsp3) is 0.400. The number of hydrogen-bond donors (Lipinski definition) is 1. The molecular formula is C20H24O5. The molecule has 0 spiro atoms. The summed E-state index contributed by atoms with van der Waals surface area (Å²) in [5.74, 6) is 1.62. The Morgan fingerprint density at radius 1 is 0.960 bits per heavy atom. The van der Waals surface area contributed by atoms with Crippen LogP contribution < -0.4 is 9.47 Å². The summed E-state index contributed by atoms with van der Waals surface area (Å²) < 4.78 is 22.0. The lowest BCUT2D eigenvalue weighted by atomic mass is 9.84. The van der Waals surface area contributed by atoms with Crippen molar-refractivity contribution in [2.75, 3.05) is 27.9 Å². The van der Waals surface area contributed by atoms with Gasteiger partial charge >= 0.3 is 0 Å². The minimum atomic E-state index is -0.102. The highest BCUT2D eigenvalue weighted by molar-refractivity contribution is 5.42. The molecule has 1 saturated heterocycles. The Hall–Kier alpha value is -2.24. The van der Waals surface area contributed by atoms with Gasteiger partial charge in [0.2, 0.25) is 0 Å². The molecule has 25 heavy (non-hydrogen) atoms. The molecule has 3 atom stereocenters. The first-order valence-electron chi connectivity index (χ1n) is 8.31. The van der Waals surface area contributed by atoms with Crippen LogP contribution in [0, 0.1) is 0 Å². The molecule has 2 aromatic rings. The van der Waals surface area contributed by atoms with Crippen LogP contribution in [0.3, 0.4) is 0 Å². The summed E-state index contributed by atoms with van der Waals surface area (Å²) in [6.45, 7) is 0.505. The van der Waals surface area contributed by atoms with E-state index in [1.54, 1.807) is 26.4 Å². The van der Waals surface area contributed by atoms with Crippen LogP contribution in [0.5, 0.6) is 17.2 Å². The minimum absolute atomic E-state index is 0.00325. The molecule has 1 aliphatic heterocycles. The third-order valence-electron chi connectivity index (χ3n) is 4.80. The van der Waals surface area contributed by atoms with E-state index in [2.05, 4.69) is 12.1 Å². The molecule has 1 heterocycles. The van der Waals surface area contributed by atoms with E-state index >= 15 is 0 Å². The van der Waals surface area contributed by atoms with Crippen LogP contribution in [-0.4, -0.2) is 39.1 Å². The predicted molar refractivity (Wildman–Crippen MR) is 94.5 cm³/mol. The summed E-state index contributed by atoms with van der Waals surface area (Å²) in [7, 11) is 4.91. The van der Waals surface area contributed by atoms with E-state index in [-0.39, 0.29) is 23.9 Å². The summed E-state index contributed by atoms with van der Waals surface area (Å²) >= 11 is 0. The Balaban J connectivity index is 1.83. The lowest BCUT2D eigenvalue weighted by Crippen LogP contribution is -2.34. The van der Waals surface area contributed by atoms with Crippen LogP contribution in [0.25, 0.3) is 0 Å².